The van der Waals surface area contributed by atoms with E-state index in [0.717, 1.165) is 0 Å². The summed E-state index contributed by atoms with van der Waals surface area (Å²) in [6.07, 6.45) is 2.49. The number of amides is 1. The fraction of sp³-hybridized carbons (Fsp3) is 0.588. The van der Waals surface area contributed by atoms with Crippen molar-refractivity contribution in [1.29, 1.82) is 0 Å². The summed E-state index contributed by atoms with van der Waals surface area (Å²) in [5, 5.41) is 3.15. The maximum absolute atomic E-state index is 12.5. The molecule has 2 rings (SSSR count). The molecule has 0 radical (unpaired) electrons. The van der Waals surface area contributed by atoms with Crippen molar-refractivity contribution >= 4 is 18.3 Å². The van der Waals surface area contributed by atoms with Crippen LogP contribution in [-0.4, -0.2) is 43.7 Å². The van der Waals surface area contributed by atoms with Gasteiger partial charge in [0, 0.05) is 26.2 Å². The zero-order valence-corrected chi connectivity index (χ0v) is 14.3. The zero-order valence-electron chi connectivity index (χ0n) is 13.5. The van der Waals surface area contributed by atoms with Gasteiger partial charge in [0.1, 0.15) is 0 Å². The molecular weight excluding hydrogens is 300 g/mol. The van der Waals surface area contributed by atoms with Crippen molar-refractivity contribution < 1.29 is 9.53 Å². The maximum Gasteiger partial charge on any atom is 0.237 e. The van der Waals surface area contributed by atoms with E-state index < -0.39 is 0 Å². The second kappa shape index (κ2) is 9.82. The van der Waals surface area contributed by atoms with Gasteiger partial charge in [0.2, 0.25) is 5.91 Å². The van der Waals surface area contributed by atoms with Gasteiger partial charge in [-0.2, -0.15) is 0 Å². The highest BCUT2D eigenvalue weighted by Gasteiger charge is 2.34. The molecule has 1 aromatic carbocycles. The van der Waals surface area contributed by atoms with Crippen LogP contribution in [0.4, 0.5) is 0 Å². The van der Waals surface area contributed by atoms with Gasteiger partial charge in [-0.15, -0.1) is 12.4 Å². The average Bonchev–Trinajstić information content (AvgIpc) is 3.34. The number of nitrogens with zero attached hydrogens (tertiary/aromatic N) is 1. The lowest BCUT2D eigenvalue weighted by atomic mass is 10.1. The number of carbonyl (C=O) groups is 1. The maximum atomic E-state index is 12.5. The molecule has 0 aromatic heterocycles. The molecule has 1 aromatic rings. The highest BCUT2D eigenvalue weighted by molar-refractivity contribution is 5.85. The van der Waals surface area contributed by atoms with Crippen molar-refractivity contribution in [3.63, 3.8) is 0 Å². The highest BCUT2D eigenvalue weighted by Crippen LogP contribution is 2.35. The first-order valence-electron chi connectivity index (χ1n) is 7.75. The Morgan fingerprint density at radius 1 is 1.36 bits per heavy atom. The van der Waals surface area contributed by atoms with Gasteiger partial charge in [-0.05, 0) is 31.2 Å². The molecular formula is C17H27ClN2O2. The first kappa shape index (κ1) is 18.9. The van der Waals surface area contributed by atoms with Crippen molar-refractivity contribution in [2.24, 2.45) is 5.92 Å². The molecule has 5 heteroatoms. The van der Waals surface area contributed by atoms with E-state index in [9.17, 15) is 4.79 Å². The van der Waals surface area contributed by atoms with Crippen molar-refractivity contribution in [2.45, 2.75) is 32.4 Å². The molecule has 1 aliphatic rings. The monoisotopic (exact) mass is 326 g/mol. The number of nitrogens with one attached hydrogen (secondary N) is 1. The quantitative estimate of drug-likeness (QED) is 0.709. The molecule has 0 spiro atoms. The van der Waals surface area contributed by atoms with Crippen LogP contribution in [0.1, 0.15) is 25.3 Å². The van der Waals surface area contributed by atoms with E-state index in [0.29, 0.717) is 38.2 Å². The Bertz CT molecular complexity index is 438. The topological polar surface area (TPSA) is 41.6 Å². The smallest absolute Gasteiger partial charge is 0.237 e. The van der Waals surface area contributed by atoms with Crippen LogP contribution in [0.5, 0.6) is 0 Å². The fourth-order valence-corrected chi connectivity index (χ4v) is 2.54. The number of benzene rings is 1. The summed E-state index contributed by atoms with van der Waals surface area (Å²) >= 11 is 0. The second-order valence-electron chi connectivity index (χ2n) is 5.75. The van der Waals surface area contributed by atoms with E-state index in [2.05, 4.69) is 24.4 Å². The summed E-state index contributed by atoms with van der Waals surface area (Å²) in [5.74, 6) is 0.853. The zero-order chi connectivity index (χ0) is 15.1. The molecule has 1 unspecified atom stereocenters. The van der Waals surface area contributed by atoms with Gasteiger partial charge in [-0.1, -0.05) is 30.3 Å². The lowest BCUT2D eigenvalue weighted by Gasteiger charge is -2.30. The molecule has 124 valence electrons. The standard InChI is InChI=1S/C17H26N2O2.ClH/c1-14(16-8-9-16)19(13-15-6-4-3-5-7-15)17(20)12-18-10-11-21-2;/h3-7,14,16,18H,8-13H2,1-2H3;1H. The predicted molar refractivity (Wildman–Crippen MR) is 91.2 cm³/mol. The molecule has 1 fully saturated rings. The summed E-state index contributed by atoms with van der Waals surface area (Å²) in [4.78, 5) is 14.5. The minimum atomic E-state index is 0. The van der Waals surface area contributed by atoms with Crippen molar-refractivity contribution in [3.05, 3.63) is 35.9 Å². The summed E-state index contributed by atoms with van der Waals surface area (Å²) in [5.41, 5.74) is 1.19. The molecule has 0 saturated heterocycles. The fourth-order valence-electron chi connectivity index (χ4n) is 2.54. The molecule has 22 heavy (non-hydrogen) atoms. The Morgan fingerprint density at radius 3 is 2.64 bits per heavy atom. The molecule has 0 bridgehead atoms. The number of rotatable bonds is 9. The van der Waals surface area contributed by atoms with Gasteiger partial charge in [0.25, 0.3) is 0 Å². The number of carbonyl (C=O) groups excluding carboxylic acids is 1. The predicted octanol–water partition coefficient (Wildman–Crippen LogP) is 2.47. The minimum absolute atomic E-state index is 0. The normalized spacial score (nSPS) is 15.0. The van der Waals surface area contributed by atoms with Crippen LogP contribution in [0.15, 0.2) is 30.3 Å². The van der Waals surface area contributed by atoms with Crippen LogP contribution in [0, 0.1) is 5.92 Å². The summed E-state index contributed by atoms with van der Waals surface area (Å²) in [6.45, 7) is 4.59. The number of hydrogen-bond acceptors (Lipinski definition) is 3. The Labute approximate surface area is 139 Å². The van der Waals surface area contributed by atoms with Crippen LogP contribution >= 0.6 is 12.4 Å². The lowest BCUT2D eigenvalue weighted by Crippen LogP contribution is -2.44. The van der Waals surface area contributed by atoms with Gasteiger partial charge in [0.15, 0.2) is 0 Å². The Hall–Kier alpha value is -1.10. The largest absolute Gasteiger partial charge is 0.383 e. The molecule has 1 atom stereocenters. The molecule has 1 saturated carbocycles. The van der Waals surface area contributed by atoms with Gasteiger partial charge >= 0.3 is 0 Å². The van der Waals surface area contributed by atoms with E-state index in [1.807, 2.05) is 23.1 Å². The second-order valence-corrected chi connectivity index (χ2v) is 5.75. The number of halogens is 1. The Kier molecular flexibility index (Phi) is 8.46. The Morgan fingerprint density at radius 2 is 2.05 bits per heavy atom. The third kappa shape index (κ3) is 5.95. The van der Waals surface area contributed by atoms with Gasteiger partial charge in [-0.3, -0.25) is 4.79 Å². The molecule has 1 amide bonds. The highest BCUT2D eigenvalue weighted by atomic mass is 35.5. The van der Waals surface area contributed by atoms with Crippen LogP contribution < -0.4 is 5.32 Å². The lowest BCUT2D eigenvalue weighted by molar-refractivity contribution is -0.133. The molecule has 1 N–H and O–H groups in total. The summed E-state index contributed by atoms with van der Waals surface area (Å²) in [6, 6.07) is 10.5. The first-order chi connectivity index (χ1) is 10.2. The molecule has 1 aliphatic carbocycles. The van der Waals surface area contributed by atoms with Gasteiger partial charge in [-0.25, -0.2) is 0 Å². The van der Waals surface area contributed by atoms with Gasteiger partial charge in [0.05, 0.1) is 13.2 Å². The molecule has 4 nitrogen and oxygen atoms in total. The summed E-state index contributed by atoms with van der Waals surface area (Å²) < 4.78 is 4.99. The SMILES string of the molecule is COCCNCC(=O)N(Cc1ccccc1)C(C)C1CC1.Cl. The van der Waals surface area contributed by atoms with Crippen molar-refractivity contribution in [1.82, 2.24) is 10.2 Å². The number of hydrogen-bond donors (Lipinski definition) is 1. The molecule has 0 heterocycles. The minimum Gasteiger partial charge on any atom is -0.383 e. The van der Waals surface area contributed by atoms with E-state index in [1.54, 1.807) is 7.11 Å². The van der Waals surface area contributed by atoms with Crippen LogP contribution in [0.3, 0.4) is 0 Å². The Balaban J connectivity index is 0.00000242. The molecule has 0 aliphatic heterocycles. The van der Waals surface area contributed by atoms with Crippen LogP contribution in [0.2, 0.25) is 0 Å². The number of ether oxygens (including phenoxy) is 1. The van der Waals surface area contributed by atoms with Crippen molar-refractivity contribution in [3.8, 4) is 0 Å². The van der Waals surface area contributed by atoms with Crippen LogP contribution in [-0.2, 0) is 16.1 Å². The van der Waals surface area contributed by atoms with E-state index in [4.69, 9.17) is 4.74 Å². The average molecular weight is 327 g/mol. The number of methoxy groups -OCH3 is 1. The summed E-state index contributed by atoms with van der Waals surface area (Å²) in [7, 11) is 1.67. The van der Waals surface area contributed by atoms with E-state index in [-0.39, 0.29) is 18.3 Å². The van der Waals surface area contributed by atoms with Crippen molar-refractivity contribution in [2.75, 3.05) is 26.8 Å². The third-order valence-corrected chi connectivity index (χ3v) is 4.07. The first-order valence-corrected chi connectivity index (χ1v) is 7.75. The van der Waals surface area contributed by atoms with E-state index >= 15 is 0 Å². The third-order valence-electron chi connectivity index (χ3n) is 4.07. The van der Waals surface area contributed by atoms with E-state index in [1.165, 1.54) is 18.4 Å². The van der Waals surface area contributed by atoms with Gasteiger partial charge < -0.3 is 15.0 Å². The van der Waals surface area contributed by atoms with Crippen LogP contribution in [0.25, 0.3) is 0 Å².